The van der Waals surface area contributed by atoms with Crippen LogP contribution in [0.2, 0.25) is 5.02 Å². The maximum Gasteiger partial charge on any atom is 0.269 e. The number of benzene rings is 1. The second kappa shape index (κ2) is 7.22. The fraction of sp³-hybridized carbons (Fsp3) is 0.158. The van der Waals surface area contributed by atoms with Crippen molar-refractivity contribution in [3.8, 4) is 17.2 Å². The number of nitrogens with zero attached hydrogens (tertiary/aromatic N) is 7. The van der Waals surface area contributed by atoms with E-state index in [1.165, 1.54) is 16.3 Å². The number of aryl methyl sites for hydroxylation is 1. The number of aromatic nitrogens is 8. The molecule has 9 nitrogen and oxygen atoms in total. The molecule has 0 saturated carbocycles. The van der Waals surface area contributed by atoms with Gasteiger partial charge in [0.25, 0.3) is 11.3 Å². The largest absolute Gasteiger partial charge is 0.269 e. The minimum absolute atomic E-state index is 0.311. The Morgan fingerprint density at radius 1 is 1.17 bits per heavy atom. The number of H-pyrrole nitrogens is 1. The summed E-state index contributed by atoms with van der Waals surface area (Å²) in [5.74, 6) is 2.10. The molecule has 0 saturated heterocycles. The number of halogens is 1. The standard InChI is InChI=1S/C19H15ClN8OS/c1-3-30-19-23-18(24-25-19)27-9-8-13-14(16(27)29)15(11-6-4-5-7-12(11)20)28-17(22-13)21-10(2)26-28/h4-9H,3H2,1-2H3,(H,23,24,25). The van der Waals surface area contributed by atoms with Crippen molar-refractivity contribution in [3.05, 3.63) is 57.7 Å². The predicted octanol–water partition coefficient (Wildman–Crippen LogP) is 3.29. The first-order chi connectivity index (χ1) is 14.6. The first kappa shape index (κ1) is 18.8. The van der Waals surface area contributed by atoms with E-state index in [9.17, 15) is 4.79 Å². The maximum absolute atomic E-state index is 13.6. The summed E-state index contributed by atoms with van der Waals surface area (Å²) in [7, 11) is 0. The van der Waals surface area contributed by atoms with Gasteiger partial charge >= 0.3 is 0 Å². The Kier molecular flexibility index (Phi) is 4.52. The Hall–Kier alpha value is -3.24. The minimum atomic E-state index is -0.311. The highest BCUT2D eigenvalue weighted by Crippen LogP contribution is 2.31. The number of hydrogen-bond acceptors (Lipinski definition) is 7. The van der Waals surface area contributed by atoms with E-state index in [0.29, 0.717) is 49.9 Å². The Bertz CT molecular complexity index is 1470. The fourth-order valence-corrected chi connectivity index (χ4v) is 4.04. The Labute approximate surface area is 179 Å². The molecule has 4 aromatic heterocycles. The van der Waals surface area contributed by atoms with E-state index in [2.05, 4.69) is 30.2 Å². The summed E-state index contributed by atoms with van der Waals surface area (Å²) in [6.07, 6.45) is 1.62. The quantitative estimate of drug-likeness (QED) is 0.429. The SMILES string of the molecule is CCSc1n[nH]c(-n2ccc3nc4nc(C)nn4c(-c4ccccc4Cl)c3c2=O)n1. The summed E-state index contributed by atoms with van der Waals surface area (Å²) in [5.41, 5.74) is 1.38. The molecule has 5 aromatic rings. The van der Waals surface area contributed by atoms with Crippen molar-refractivity contribution in [2.75, 3.05) is 5.75 Å². The molecule has 0 bridgehead atoms. The van der Waals surface area contributed by atoms with Gasteiger partial charge in [-0.05, 0) is 24.8 Å². The monoisotopic (exact) mass is 438 g/mol. The number of rotatable bonds is 4. The number of nitrogens with one attached hydrogen (secondary N) is 1. The van der Waals surface area contributed by atoms with Crippen molar-refractivity contribution in [3.63, 3.8) is 0 Å². The van der Waals surface area contributed by atoms with Gasteiger partial charge in [0, 0.05) is 16.8 Å². The van der Waals surface area contributed by atoms with Crippen LogP contribution < -0.4 is 5.56 Å². The van der Waals surface area contributed by atoms with E-state index in [1.54, 1.807) is 29.8 Å². The van der Waals surface area contributed by atoms with Crippen molar-refractivity contribution in [2.24, 2.45) is 0 Å². The van der Waals surface area contributed by atoms with Crippen LogP contribution in [0.5, 0.6) is 0 Å². The van der Waals surface area contributed by atoms with Crippen LogP contribution in [0.3, 0.4) is 0 Å². The zero-order valence-corrected chi connectivity index (χ0v) is 17.6. The van der Waals surface area contributed by atoms with Crippen LogP contribution in [0.1, 0.15) is 12.7 Å². The van der Waals surface area contributed by atoms with Crippen molar-refractivity contribution in [1.82, 2.24) is 39.3 Å². The van der Waals surface area contributed by atoms with Crippen LogP contribution in [-0.4, -0.2) is 45.1 Å². The predicted molar refractivity (Wildman–Crippen MR) is 115 cm³/mol. The maximum atomic E-state index is 13.6. The Balaban J connectivity index is 1.88. The first-order valence-corrected chi connectivity index (χ1v) is 10.5. The van der Waals surface area contributed by atoms with Gasteiger partial charge in [-0.15, -0.1) is 10.2 Å². The van der Waals surface area contributed by atoms with E-state index in [4.69, 9.17) is 11.6 Å². The van der Waals surface area contributed by atoms with E-state index in [-0.39, 0.29) is 5.56 Å². The second-order valence-corrected chi connectivity index (χ2v) is 8.08. The smallest absolute Gasteiger partial charge is 0.268 e. The lowest BCUT2D eigenvalue weighted by Crippen LogP contribution is -2.21. The summed E-state index contributed by atoms with van der Waals surface area (Å²) in [4.78, 5) is 26.9. The molecular formula is C19H15ClN8OS. The second-order valence-electron chi connectivity index (χ2n) is 6.44. The highest BCUT2D eigenvalue weighted by molar-refractivity contribution is 7.99. The molecule has 1 N–H and O–H groups in total. The lowest BCUT2D eigenvalue weighted by molar-refractivity contribution is 0.893. The average Bonchev–Trinajstić information content (AvgIpc) is 3.33. The molecule has 4 heterocycles. The van der Waals surface area contributed by atoms with Gasteiger partial charge in [0.2, 0.25) is 11.1 Å². The molecule has 1 aromatic carbocycles. The third-order valence-corrected chi connectivity index (χ3v) is 5.58. The molecule has 0 aliphatic carbocycles. The average molecular weight is 439 g/mol. The molecule has 0 spiro atoms. The van der Waals surface area contributed by atoms with Crippen molar-refractivity contribution in [2.45, 2.75) is 19.0 Å². The first-order valence-electron chi connectivity index (χ1n) is 9.16. The zero-order valence-electron chi connectivity index (χ0n) is 16.0. The minimum Gasteiger partial charge on any atom is -0.268 e. The molecule has 11 heteroatoms. The molecule has 0 aliphatic rings. The number of hydrogen-bond donors (Lipinski definition) is 1. The van der Waals surface area contributed by atoms with Crippen molar-refractivity contribution < 1.29 is 0 Å². The number of thioether (sulfide) groups is 1. The normalized spacial score (nSPS) is 11.6. The van der Waals surface area contributed by atoms with E-state index >= 15 is 0 Å². The van der Waals surface area contributed by atoms with E-state index in [1.807, 2.05) is 25.1 Å². The van der Waals surface area contributed by atoms with Gasteiger partial charge < -0.3 is 0 Å². The molecule has 5 rings (SSSR count). The van der Waals surface area contributed by atoms with Crippen LogP contribution in [0.4, 0.5) is 0 Å². The molecule has 0 atom stereocenters. The number of pyridine rings is 1. The van der Waals surface area contributed by atoms with Crippen LogP contribution in [0.15, 0.2) is 46.5 Å². The molecule has 0 radical (unpaired) electrons. The number of fused-ring (bicyclic) bond motifs is 2. The number of aromatic amines is 1. The van der Waals surface area contributed by atoms with Gasteiger partial charge in [0.1, 0.15) is 5.82 Å². The summed E-state index contributed by atoms with van der Waals surface area (Å²) < 4.78 is 2.97. The highest BCUT2D eigenvalue weighted by Gasteiger charge is 2.20. The van der Waals surface area contributed by atoms with Crippen LogP contribution in [-0.2, 0) is 0 Å². The molecule has 30 heavy (non-hydrogen) atoms. The van der Waals surface area contributed by atoms with E-state index in [0.717, 1.165) is 5.75 Å². The zero-order chi connectivity index (χ0) is 20.8. The molecule has 0 aliphatic heterocycles. The van der Waals surface area contributed by atoms with Crippen molar-refractivity contribution in [1.29, 1.82) is 0 Å². The molecular weight excluding hydrogens is 424 g/mol. The lowest BCUT2D eigenvalue weighted by atomic mass is 10.1. The Morgan fingerprint density at radius 2 is 2.00 bits per heavy atom. The lowest BCUT2D eigenvalue weighted by Gasteiger charge is -2.11. The van der Waals surface area contributed by atoms with Crippen LogP contribution in [0, 0.1) is 6.92 Å². The summed E-state index contributed by atoms with van der Waals surface area (Å²) >= 11 is 7.98. The molecule has 0 amide bonds. The third-order valence-electron chi connectivity index (χ3n) is 4.52. The summed E-state index contributed by atoms with van der Waals surface area (Å²) in [5, 5.41) is 12.9. The van der Waals surface area contributed by atoms with Crippen molar-refractivity contribution >= 4 is 40.0 Å². The van der Waals surface area contributed by atoms with Gasteiger partial charge in [-0.1, -0.05) is 48.5 Å². The van der Waals surface area contributed by atoms with E-state index < -0.39 is 0 Å². The highest BCUT2D eigenvalue weighted by atomic mass is 35.5. The third kappa shape index (κ3) is 2.96. The summed E-state index contributed by atoms with van der Waals surface area (Å²) in [6.45, 7) is 3.78. The fourth-order valence-electron chi connectivity index (χ4n) is 3.29. The summed E-state index contributed by atoms with van der Waals surface area (Å²) in [6, 6.07) is 9.05. The topological polar surface area (TPSA) is 107 Å². The molecule has 0 unspecified atom stereocenters. The van der Waals surface area contributed by atoms with Gasteiger partial charge in [-0.25, -0.2) is 10.1 Å². The van der Waals surface area contributed by atoms with Gasteiger partial charge in [-0.3, -0.25) is 9.36 Å². The van der Waals surface area contributed by atoms with Crippen LogP contribution >= 0.6 is 23.4 Å². The van der Waals surface area contributed by atoms with Crippen LogP contribution in [0.25, 0.3) is 33.9 Å². The molecule has 150 valence electrons. The molecule has 0 fully saturated rings. The van der Waals surface area contributed by atoms with Gasteiger partial charge in [-0.2, -0.15) is 14.5 Å². The van der Waals surface area contributed by atoms with Gasteiger partial charge in [0.05, 0.1) is 16.6 Å². The van der Waals surface area contributed by atoms with Gasteiger partial charge in [0.15, 0.2) is 0 Å². The Morgan fingerprint density at radius 3 is 2.80 bits per heavy atom.